The summed E-state index contributed by atoms with van der Waals surface area (Å²) in [5, 5.41) is 6.91. The second-order valence-corrected chi connectivity index (χ2v) is 9.66. The first-order valence-corrected chi connectivity index (χ1v) is 10.3. The third-order valence-corrected chi connectivity index (χ3v) is 4.80. The average molecular weight is 355 g/mol. The zero-order chi connectivity index (χ0) is 19.0. The normalized spacial score (nSPS) is 17.5. The summed E-state index contributed by atoms with van der Waals surface area (Å²) >= 11 is 0. The summed E-state index contributed by atoms with van der Waals surface area (Å²) in [6, 6.07) is 0.864. The van der Waals surface area contributed by atoms with Crippen LogP contribution in [0.1, 0.15) is 87.0 Å². The molecule has 0 spiro atoms. The van der Waals surface area contributed by atoms with Crippen LogP contribution in [0.25, 0.3) is 0 Å². The van der Waals surface area contributed by atoms with Gasteiger partial charge < -0.3 is 15.4 Å². The number of hydrogen-bond donors (Lipinski definition) is 2. The maximum atomic E-state index is 12.1. The van der Waals surface area contributed by atoms with Crippen molar-refractivity contribution in [3.8, 4) is 0 Å². The van der Waals surface area contributed by atoms with E-state index in [9.17, 15) is 4.79 Å². The smallest absolute Gasteiger partial charge is 0.407 e. The highest BCUT2D eigenvalue weighted by Gasteiger charge is 2.28. The van der Waals surface area contributed by atoms with Crippen LogP contribution in [0.15, 0.2) is 0 Å². The van der Waals surface area contributed by atoms with Crippen LogP contribution in [0, 0.1) is 17.8 Å². The minimum absolute atomic E-state index is 0.304. The summed E-state index contributed by atoms with van der Waals surface area (Å²) in [6.07, 6.45) is 7.24. The Hall–Kier alpha value is -0.770. The zero-order valence-electron chi connectivity index (χ0n) is 17.7. The Balaban J connectivity index is 2.66. The fraction of sp³-hybridized carbons (Fsp3) is 0.952. The predicted octanol–water partition coefficient (Wildman–Crippen LogP) is 5.12. The number of amides is 1. The first kappa shape index (κ1) is 22.3. The van der Waals surface area contributed by atoms with Gasteiger partial charge in [-0.15, -0.1) is 0 Å². The quantitative estimate of drug-likeness (QED) is 0.604. The number of carbonyl (C=O) groups excluding carboxylic acids is 1. The Morgan fingerprint density at radius 2 is 1.56 bits per heavy atom. The second-order valence-electron chi connectivity index (χ2n) is 9.66. The van der Waals surface area contributed by atoms with E-state index in [-0.39, 0.29) is 6.09 Å². The van der Waals surface area contributed by atoms with Crippen molar-refractivity contribution in [3.63, 3.8) is 0 Å². The molecule has 1 unspecified atom stereocenters. The van der Waals surface area contributed by atoms with Gasteiger partial charge in [0.1, 0.15) is 5.60 Å². The summed E-state index contributed by atoms with van der Waals surface area (Å²) in [4.78, 5) is 12.1. The molecule has 2 N–H and O–H groups in total. The molecule has 0 radical (unpaired) electrons. The highest BCUT2D eigenvalue weighted by atomic mass is 16.6. The lowest BCUT2D eigenvalue weighted by molar-refractivity contribution is 0.0516. The molecule has 1 fully saturated rings. The number of ether oxygens (including phenoxy) is 1. The minimum Gasteiger partial charge on any atom is -0.444 e. The van der Waals surface area contributed by atoms with Gasteiger partial charge in [-0.1, -0.05) is 40.5 Å². The summed E-state index contributed by atoms with van der Waals surface area (Å²) in [7, 11) is 0. The van der Waals surface area contributed by atoms with Crippen LogP contribution in [0.4, 0.5) is 4.79 Å². The van der Waals surface area contributed by atoms with Crippen LogP contribution >= 0.6 is 0 Å². The van der Waals surface area contributed by atoms with Gasteiger partial charge in [0.05, 0.1) is 0 Å². The predicted molar refractivity (Wildman–Crippen MR) is 106 cm³/mol. The maximum Gasteiger partial charge on any atom is 0.407 e. The first-order valence-electron chi connectivity index (χ1n) is 10.3. The first-order chi connectivity index (χ1) is 11.6. The zero-order valence-corrected chi connectivity index (χ0v) is 17.7. The van der Waals surface area contributed by atoms with Gasteiger partial charge in [-0.05, 0) is 64.2 Å². The van der Waals surface area contributed by atoms with Crippen LogP contribution in [0.5, 0.6) is 0 Å². The van der Waals surface area contributed by atoms with Crippen molar-refractivity contribution < 1.29 is 9.53 Å². The summed E-state index contributed by atoms with van der Waals surface area (Å²) in [6.45, 7) is 15.5. The summed E-state index contributed by atoms with van der Waals surface area (Å²) in [5.41, 5.74) is -0.446. The highest BCUT2D eigenvalue weighted by Crippen LogP contribution is 2.28. The maximum absolute atomic E-state index is 12.1. The molecule has 4 heteroatoms. The molecule has 0 bridgehead atoms. The molecule has 1 amide bonds. The Morgan fingerprint density at radius 3 is 2.00 bits per heavy atom. The number of nitrogens with one attached hydrogen (secondary N) is 2. The Labute approximate surface area is 155 Å². The van der Waals surface area contributed by atoms with E-state index in [0.717, 1.165) is 0 Å². The fourth-order valence-electron chi connectivity index (χ4n) is 3.90. The summed E-state index contributed by atoms with van der Waals surface area (Å²) in [5.74, 6) is 2.02. The second kappa shape index (κ2) is 10.4. The van der Waals surface area contributed by atoms with Crippen LogP contribution < -0.4 is 10.6 Å². The van der Waals surface area contributed by atoms with E-state index < -0.39 is 5.60 Å². The highest BCUT2D eigenvalue weighted by molar-refractivity contribution is 5.67. The van der Waals surface area contributed by atoms with Gasteiger partial charge in [-0.25, -0.2) is 4.79 Å². The Morgan fingerprint density at radius 1 is 1.04 bits per heavy atom. The molecule has 1 saturated carbocycles. The molecule has 0 aliphatic heterocycles. The number of alkyl carbamates (subject to hydrolysis) is 1. The van der Waals surface area contributed by atoms with E-state index in [4.69, 9.17) is 4.74 Å². The molecule has 1 aliphatic carbocycles. The topological polar surface area (TPSA) is 50.4 Å². The standard InChI is InChI=1S/C21H42N2O2/c1-15(2)12-18(13-16(3)4)23-19(17-10-8-9-11-17)14-22-20(24)25-21(5,6)7/h15-19,23H,8-14H2,1-7H3,(H,22,24). The van der Waals surface area contributed by atoms with E-state index in [0.29, 0.717) is 36.4 Å². The third-order valence-electron chi connectivity index (χ3n) is 4.80. The SMILES string of the molecule is CC(C)CC(CC(C)C)NC(CNC(=O)OC(C)(C)C)C1CCCC1. The molecule has 0 aromatic rings. The number of hydrogen-bond acceptors (Lipinski definition) is 3. The summed E-state index contributed by atoms with van der Waals surface area (Å²) < 4.78 is 5.41. The molecule has 1 rings (SSSR count). The van der Waals surface area contributed by atoms with E-state index >= 15 is 0 Å². The van der Waals surface area contributed by atoms with E-state index in [1.807, 2.05) is 20.8 Å². The van der Waals surface area contributed by atoms with Crippen molar-refractivity contribution in [1.82, 2.24) is 10.6 Å². The largest absolute Gasteiger partial charge is 0.444 e. The van der Waals surface area contributed by atoms with Crippen molar-refractivity contribution in [2.24, 2.45) is 17.8 Å². The molecule has 0 saturated heterocycles. The molecule has 4 nitrogen and oxygen atoms in total. The number of rotatable bonds is 9. The molecule has 148 valence electrons. The van der Waals surface area contributed by atoms with Crippen molar-refractivity contribution >= 4 is 6.09 Å². The lowest BCUT2D eigenvalue weighted by atomic mass is 9.91. The Kier molecular flexibility index (Phi) is 9.26. The average Bonchev–Trinajstić information content (AvgIpc) is 2.93. The van der Waals surface area contributed by atoms with Gasteiger partial charge >= 0.3 is 6.09 Å². The number of carbonyl (C=O) groups is 1. The lowest BCUT2D eigenvalue weighted by Crippen LogP contribution is -2.50. The van der Waals surface area contributed by atoms with Crippen molar-refractivity contribution in [3.05, 3.63) is 0 Å². The van der Waals surface area contributed by atoms with Crippen molar-refractivity contribution in [2.75, 3.05) is 6.54 Å². The van der Waals surface area contributed by atoms with Gasteiger partial charge in [0.2, 0.25) is 0 Å². The van der Waals surface area contributed by atoms with Gasteiger partial charge in [-0.3, -0.25) is 0 Å². The van der Waals surface area contributed by atoms with E-state index in [1.165, 1.54) is 38.5 Å². The molecular weight excluding hydrogens is 312 g/mol. The minimum atomic E-state index is -0.446. The van der Waals surface area contributed by atoms with Crippen molar-refractivity contribution in [2.45, 2.75) is 105 Å². The molecule has 0 heterocycles. The molecule has 25 heavy (non-hydrogen) atoms. The Bertz CT molecular complexity index is 372. The fourth-order valence-corrected chi connectivity index (χ4v) is 3.90. The van der Waals surface area contributed by atoms with Crippen LogP contribution in [0.2, 0.25) is 0 Å². The van der Waals surface area contributed by atoms with Gasteiger partial charge in [-0.2, -0.15) is 0 Å². The van der Waals surface area contributed by atoms with Crippen LogP contribution in [0.3, 0.4) is 0 Å². The third kappa shape index (κ3) is 10.1. The van der Waals surface area contributed by atoms with E-state index in [2.05, 4.69) is 38.3 Å². The molecule has 1 atom stereocenters. The van der Waals surface area contributed by atoms with Crippen molar-refractivity contribution in [1.29, 1.82) is 0 Å². The van der Waals surface area contributed by atoms with Crippen LogP contribution in [-0.4, -0.2) is 30.3 Å². The van der Waals surface area contributed by atoms with Gasteiger partial charge in [0, 0.05) is 18.6 Å². The van der Waals surface area contributed by atoms with Gasteiger partial charge in [0.25, 0.3) is 0 Å². The monoisotopic (exact) mass is 354 g/mol. The lowest BCUT2D eigenvalue weighted by Gasteiger charge is -2.32. The van der Waals surface area contributed by atoms with Gasteiger partial charge in [0.15, 0.2) is 0 Å². The molecule has 1 aliphatic rings. The molecular formula is C21H42N2O2. The molecule has 0 aromatic heterocycles. The van der Waals surface area contributed by atoms with E-state index in [1.54, 1.807) is 0 Å². The molecule has 0 aromatic carbocycles. The van der Waals surface area contributed by atoms with Crippen LogP contribution in [-0.2, 0) is 4.74 Å².